The highest BCUT2D eigenvalue weighted by Crippen LogP contribution is 2.25. The van der Waals surface area contributed by atoms with Crippen molar-refractivity contribution in [3.63, 3.8) is 0 Å². The lowest BCUT2D eigenvalue weighted by molar-refractivity contribution is -0.128. The van der Waals surface area contributed by atoms with Crippen LogP contribution in [-0.4, -0.2) is 20.2 Å². The average Bonchev–Trinajstić information content (AvgIpc) is 2.55. The molecule has 0 heterocycles. The molecule has 0 aliphatic rings. The molecule has 4 nitrogen and oxygen atoms in total. The van der Waals surface area contributed by atoms with E-state index in [1.54, 1.807) is 38.5 Å². The highest BCUT2D eigenvalue weighted by atomic mass is 16.5. The van der Waals surface area contributed by atoms with Crippen molar-refractivity contribution in [3.05, 3.63) is 59.7 Å². The summed E-state index contributed by atoms with van der Waals surface area (Å²) in [4.78, 5) is 11.9. The maximum Gasteiger partial charge on any atom is 0.336 e. The lowest BCUT2D eigenvalue weighted by Gasteiger charge is -2.07. The largest absolute Gasteiger partial charge is 0.497 e. The standard InChI is InChI=1S/C18H18O4/c1-13-6-4-5-7-16(13)22-18(19)11-9-14-8-10-15(20-2)12-17(14)21-3/h4-12H,1-3H3/b11-9+. The zero-order chi connectivity index (χ0) is 15.9. The van der Waals surface area contributed by atoms with Gasteiger partial charge in [-0.15, -0.1) is 0 Å². The summed E-state index contributed by atoms with van der Waals surface area (Å²) in [5, 5.41) is 0. The molecular weight excluding hydrogens is 280 g/mol. The maximum absolute atomic E-state index is 11.9. The molecule has 0 amide bonds. The minimum absolute atomic E-state index is 0.438. The first-order valence-corrected chi connectivity index (χ1v) is 6.81. The van der Waals surface area contributed by atoms with Crippen LogP contribution in [0.5, 0.6) is 17.2 Å². The summed E-state index contributed by atoms with van der Waals surface area (Å²) >= 11 is 0. The Labute approximate surface area is 129 Å². The molecule has 0 saturated heterocycles. The molecule has 2 aromatic carbocycles. The van der Waals surface area contributed by atoms with E-state index in [1.165, 1.54) is 6.08 Å². The summed E-state index contributed by atoms with van der Waals surface area (Å²) in [5.41, 5.74) is 1.68. The smallest absolute Gasteiger partial charge is 0.336 e. The molecule has 0 N–H and O–H groups in total. The van der Waals surface area contributed by atoms with Gasteiger partial charge in [0.1, 0.15) is 17.2 Å². The van der Waals surface area contributed by atoms with Gasteiger partial charge in [-0.1, -0.05) is 18.2 Å². The van der Waals surface area contributed by atoms with Crippen LogP contribution < -0.4 is 14.2 Å². The van der Waals surface area contributed by atoms with Crippen molar-refractivity contribution in [2.75, 3.05) is 14.2 Å². The third-order valence-electron chi connectivity index (χ3n) is 3.14. The second-order valence-electron chi connectivity index (χ2n) is 4.63. The second-order valence-corrected chi connectivity index (χ2v) is 4.63. The Morgan fingerprint density at radius 3 is 2.45 bits per heavy atom. The number of carbonyl (C=O) groups excluding carboxylic acids is 1. The number of hydrogen-bond donors (Lipinski definition) is 0. The fraction of sp³-hybridized carbons (Fsp3) is 0.167. The second kappa shape index (κ2) is 7.31. The monoisotopic (exact) mass is 298 g/mol. The van der Waals surface area contributed by atoms with E-state index in [4.69, 9.17) is 14.2 Å². The molecule has 0 radical (unpaired) electrons. The van der Waals surface area contributed by atoms with Gasteiger partial charge < -0.3 is 14.2 Å². The summed E-state index contributed by atoms with van der Waals surface area (Å²) in [6.45, 7) is 1.89. The number of aryl methyl sites for hydroxylation is 1. The lowest BCUT2D eigenvalue weighted by atomic mass is 10.1. The maximum atomic E-state index is 11.9. The molecule has 114 valence electrons. The Bertz CT molecular complexity index is 689. The predicted octanol–water partition coefficient (Wildman–Crippen LogP) is 3.63. The molecule has 0 bridgehead atoms. The van der Waals surface area contributed by atoms with Gasteiger partial charge in [-0.25, -0.2) is 4.79 Å². The number of para-hydroxylation sites is 1. The minimum Gasteiger partial charge on any atom is -0.497 e. The predicted molar refractivity (Wildman–Crippen MR) is 85.4 cm³/mol. The minimum atomic E-state index is -0.438. The highest BCUT2D eigenvalue weighted by molar-refractivity contribution is 5.89. The SMILES string of the molecule is COc1ccc(/C=C/C(=O)Oc2ccccc2C)c(OC)c1. The van der Waals surface area contributed by atoms with Crippen LogP contribution in [0.2, 0.25) is 0 Å². The molecule has 4 heteroatoms. The zero-order valence-electron chi connectivity index (χ0n) is 12.8. The topological polar surface area (TPSA) is 44.8 Å². The van der Waals surface area contributed by atoms with Crippen LogP contribution in [0.3, 0.4) is 0 Å². The molecule has 0 unspecified atom stereocenters. The molecule has 2 aromatic rings. The lowest BCUT2D eigenvalue weighted by Crippen LogP contribution is -2.04. The first kappa shape index (κ1) is 15.6. The van der Waals surface area contributed by atoms with Crippen molar-refractivity contribution in [1.29, 1.82) is 0 Å². The number of carbonyl (C=O) groups is 1. The van der Waals surface area contributed by atoms with Crippen molar-refractivity contribution in [3.8, 4) is 17.2 Å². The van der Waals surface area contributed by atoms with Crippen molar-refractivity contribution in [2.24, 2.45) is 0 Å². The van der Waals surface area contributed by atoms with Gasteiger partial charge in [0.25, 0.3) is 0 Å². The van der Waals surface area contributed by atoms with Crippen LogP contribution in [0.15, 0.2) is 48.5 Å². The highest BCUT2D eigenvalue weighted by Gasteiger charge is 2.05. The Morgan fingerprint density at radius 2 is 1.77 bits per heavy atom. The summed E-state index contributed by atoms with van der Waals surface area (Å²) in [6, 6.07) is 12.7. The molecule has 0 aliphatic heterocycles. The molecule has 0 fully saturated rings. The van der Waals surface area contributed by atoms with E-state index >= 15 is 0 Å². The van der Waals surface area contributed by atoms with E-state index < -0.39 is 5.97 Å². The molecule has 0 spiro atoms. The molecule has 22 heavy (non-hydrogen) atoms. The molecule has 2 rings (SSSR count). The van der Waals surface area contributed by atoms with Crippen LogP contribution in [0, 0.1) is 6.92 Å². The van der Waals surface area contributed by atoms with Gasteiger partial charge in [0.15, 0.2) is 0 Å². The van der Waals surface area contributed by atoms with Gasteiger partial charge in [-0.2, -0.15) is 0 Å². The number of benzene rings is 2. The Kier molecular flexibility index (Phi) is 5.20. The number of methoxy groups -OCH3 is 2. The summed E-state index contributed by atoms with van der Waals surface area (Å²) < 4.78 is 15.7. The van der Waals surface area contributed by atoms with E-state index in [2.05, 4.69) is 0 Å². The fourth-order valence-corrected chi connectivity index (χ4v) is 1.93. The van der Waals surface area contributed by atoms with Crippen LogP contribution >= 0.6 is 0 Å². The van der Waals surface area contributed by atoms with Crippen molar-refractivity contribution in [1.82, 2.24) is 0 Å². The first-order valence-electron chi connectivity index (χ1n) is 6.81. The Hall–Kier alpha value is -2.75. The van der Waals surface area contributed by atoms with Gasteiger partial charge in [-0.05, 0) is 36.8 Å². The quantitative estimate of drug-likeness (QED) is 0.480. The van der Waals surface area contributed by atoms with Gasteiger partial charge in [0.2, 0.25) is 0 Å². The Balaban J connectivity index is 2.11. The molecule has 0 aromatic heterocycles. The average molecular weight is 298 g/mol. The van der Waals surface area contributed by atoms with Crippen LogP contribution in [0.4, 0.5) is 0 Å². The van der Waals surface area contributed by atoms with E-state index in [1.807, 2.05) is 31.2 Å². The summed E-state index contributed by atoms with van der Waals surface area (Å²) in [5.74, 6) is 1.43. The summed E-state index contributed by atoms with van der Waals surface area (Å²) in [6.07, 6.45) is 3.02. The van der Waals surface area contributed by atoms with Crippen molar-refractivity contribution >= 4 is 12.0 Å². The molecule has 0 atom stereocenters. The molecule has 0 aliphatic carbocycles. The zero-order valence-corrected chi connectivity index (χ0v) is 12.8. The van der Waals surface area contributed by atoms with Crippen LogP contribution in [0.25, 0.3) is 6.08 Å². The van der Waals surface area contributed by atoms with Crippen molar-refractivity contribution < 1.29 is 19.0 Å². The van der Waals surface area contributed by atoms with E-state index in [0.717, 1.165) is 11.1 Å². The summed E-state index contributed by atoms with van der Waals surface area (Å²) in [7, 11) is 3.15. The van der Waals surface area contributed by atoms with E-state index in [-0.39, 0.29) is 0 Å². The van der Waals surface area contributed by atoms with Gasteiger partial charge in [0, 0.05) is 17.7 Å². The molecular formula is C18H18O4. The number of rotatable bonds is 5. The van der Waals surface area contributed by atoms with E-state index in [9.17, 15) is 4.79 Å². The Morgan fingerprint density at radius 1 is 1.00 bits per heavy atom. The van der Waals surface area contributed by atoms with Crippen molar-refractivity contribution in [2.45, 2.75) is 6.92 Å². The number of hydrogen-bond acceptors (Lipinski definition) is 4. The third kappa shape index (κ3) is 3.88. The van der Waals surface area contributed by atoms with Crippen LogP contribution in [0.1, 0.15) is 11.1 Å². The van der Waals surface area contributed by atoms with Gasteiger partial charge >= 0.3 is 5.97 Å². The number of esters is 1. The third-order valence-corrected chi connectivity index (χ3v) is 3.14. The van der Waals surface area contributed by atoms with Gasteiger partial charge in [0.05, 0.1) is 14.2 Å². The van der Waals surface area contributed by atoms with Gasteiger partial charge in [-0.3, -0.25) is 0 Å². The fourth-order valence-electron chi connectivity index (χ4n) is 1.93. The molecule has 0 saturated carbocycles. The first-order chi connectivity index (χ1) is 10.6. The normalized spacial score (nSPS) is 10.5. The van der Waals surface area contributed by atoms with E-state index in [0.29, 0.717) is 17.2 Å². The van der Waals surface area contributed by atoms with Crippen LogP contribution in [-0.2, 0) is 4.79 Å². The number of ether oxygens (including phenoxy) is 3.